The van der Waals surface area contributed by atoms with Crippen LogP contribution in [-0.4, -0.2) is 18.1 Å². The molecule has 0 saturated heterocycles. The smallest absolute Gasteiger partial charge is 0.356 e. The number of benzene rings is 1. The summed E-state index contributed by atoms with van der Waals surface area (Å²) in [7, 11) is 1.29. The highest BCUT2D eigenvalue weighted by Gasteiger charge is 2.11. The second kappa shape index (κ2) is 6.38. The zero-order chi connectivity index (χ0) is 14.5. The number of nitrogens with zero attached hydrogens (tertiary/aromatic N) is 1. The molecule has 2 aromatic rings. The molecule has 0 aliphatic carbocycles. The topological polar surface area (TPSA) is 74.4 Å². The summed E-state index contributed by atoms with van der Waals surface area (Å²) in [4.78, 5) is 15.5. The van der Waals surface area contributed by atoms with Gasteiger partial charge in [-0.05, 0) is 18.2 Å². The first-order valence-electron chi connectivity index (χ1n) is 5.83. The Morgan fingerprint density at radius 1 is 1.30 bits per heavy atom. The summed E-state index contributed by atoms with van der Waals surface area (Å²) in [5, 5.41) is 0. The monoisotopic (exact) mass is 336 g/mol. The van der Waals surface area contributed by atoms with Crippen molar-refractivity contribution in [2.24, 2.45) is 0 Å². The molecule has 0 amide bonds. The molecule has 0 saturated carbocycles. The number of carbonyl (C=O) groups excluding carboxylic acids is 1. The van der Waals surface area contributed by atoms with Crippen molar-refractivity contribution in [3.63, 3.8) is 0 Å². The van der Waals surface area contributed by atoms with E-state index in [0.29, 0.717) is 12.3 Å². The average molecular weight is 337 g/mol. The summed E-state index contributed by atoms with van der Waals surface area (Å²) < 4.78 is 11.1. The van der Waals surface area contributed by atoms with E-state index in [-0.39, 0.29) is 11.6 Å². The fourth-order valence-electron chi connectivity index (χ4n) is 1.55. The number of methoxy groups -OCH3 is 1. The van der Waals surface area contributed by atoms with Crippen LogP contribution >= 0.6 is 15.9 Å². The Labute approximate surface area is 124 Å². The fraction of sp³-hybridized carbons (Fsp3) is 0.143. The van der Waals surface area contributed by atoms with Gasteiger partial charge in [-0.3, -0.25) is 0 Å². The van der Waals surface area contributed by atoms with Gasteiger partial charge in [0.1, 0.15) is 6.61 Å². The van der Waals surface area contributed by atoms with Gasteiger partial charge < -0.3 is 15.2 Å². The Hall–Kier alpha value is -2.08. The van der Waals surface area contributed by atoms with Crippen molar-refractivity contribution >= 4 is 27.6 Å². The summed E-state index contributed by atoms with van der Waals surface area (Å²) in [5.41, 5.74) is 7.26. The fourth-order valence-corrected chi connectivity index (χ4v) is 1.95. The Morgan fingerprint density at radius 3 is 2.75 bits per heavy atom. The summed E-state index contributed by atoms with van der Waals surface area (Å²) in [5.74, 6) is -0.320. The maximum Gasteiger partial charge on any atom is 0.356 e. The van der Waals surface area contributed by atoms with E-state index in [1.54, 1.807) is 6.07 Å². The van der Waals surface area contributed by atoms with Crippen LogP contribution in [0.2, 0.25) is 0 Å². The van der Waals surface area contributed by atoms with Gasteiger partial charge >= 0.3 is 5.97 Å². The SMILES string of the molecule is COC(=O)c1ccc(N)c(OCc2ccccc2Br)n1. The van der Waals surface area contributed by atoms with Crippen LogP contribution in [0.15, 0.2) is 40.9 Å². The Balaban J connectivity index is 2.17. The molecule has 0 aliphatic rings. The van der Waals surface area contributed by atoms with Crippen LogP contribution in [0, 0.1) is 0 Å². The van der Waals surface area contributed by atoms with Gasteiger partial charge in [0.25, 0.3) is 0 Å². The van der Waals surface area contributed by atoms with Crippen LogP contribution in [0.1, 0.15) is 16.1 Å². The molecule has 0 aliphatic heterocycles. The quantitative estimate of drug-likeness (QED) is 0.869. The van der Waals surface area contributed by atoms with Crippen LogP contribution in [0.5, 0.6) is 5.88 Å². The first-order chi connectivity index (χ1) is 9.61. The molecule has 0 atom stereocenters. The summed E-state index contributed by atoms with van der Waals surface area (Å²) in [6, 6.07) is 10.7. The van der Waals surface area contributed by atoms with Gasteiger partial charge in [0.15, 0.2) is 5.69 Å². The predicted octanol–water partition coefficient (Wildman–Crippen LogP) is 2.79. The third-order valence-corrected chi connectivity index (χ3v) is 3.38. The standard InChI is InChI=1S/C14H13BrN2O3/c1-19-14(18)12-7-6-11(16)13(17-12)20-8-9-4-2-3-5-10(9)15/h2-7H,8,16H2,1H3. The number of hydrogen-bond acceptors (Lipinski definition) is 5. The lowest BCUT2D eigenvalue weighted by atomic mass is 10.2. The molecular formula is C14H13BrN2O3. The Kier molecular flexibility index (Phi) is 4.57. The highest BCUT2D eigenvalue weighted by Crippen LogP contribution is 2.22. The first kappa shape index (κ1) is 14.3. The van der Waals surface area contributed by atoms with E-state index in [1.165, 1.54) is 13.2 Å². The minimum absolute atomic E-state index is 0.156. The maximum absolute atomic E-state index is 11.4. The van der Waals surface area contributed by atoms with Crippen LogP contribution in [0.25, 0.3) is 0 Å². The van der Waals surface area contributed by atoms with E-state index in [2.05, 4.69) is 25.7 Å². The molecule has 0 spiro atoms. The van der Waals surface area contributed by atoms with E-state index < -0.39 is 5.97 Å². The minimum Gasteiger partial charge on any atom is -0.471 e. The molecule has 2 rings (SSSR count). The van der Waals surface area contributed by atoms with Gasteiger partial charge in [-0.25, -0.2) is 9.78 Å². The highest BCUT2D eigenvalue weighted by molar-refractivity contribution is 9.10. The Bertz CT molecular complexity index is 632. The lowest BCUT2D eigenvalue weighted by Crippen LogP contribution is -2.08. The molecule has 0 fully saturated rings. The second-order valence-electron chi connectivity index (χ2n) is 3.96. The van der Waals surface area contributed by atoms with Gasteiger partial charge in [-0.15, -0.1) is 0 Å². The van der Waals surface area contributed by atoms with Crippen LogP contribution < -0.4 is 10.5 Å². The van der Waals surface area contributed by atoms with Gasteiger partial charge in [0.2, 0.25) is 5.88 Å². The molecule has 0 unspecified atom stereocenters. The summed E-state index contributed by atoms with van der Waals surface area (Å²) >= 11 is 3.43. The summed E-state index contributed by atoms with van der Waals surface area (Å²) in [6.07, 6.45) is 0. The Morgan fingerprint density at radius 2 is 2.05 bits per heavy atom. The predicted molar refractivity (Wildman–Crippen MR) is 78.5 cm³/mol. The number of esters is 1. The molecule has 1 heterocycles. The van der Waals surface area contributed by atoms with E-state index >= 15 is 0 Å². The molecule has 1 aromatic carbocycles. The number of rotatable bonds is 4. The van der Waals surface area contributed by atoms with Crippen molar-refractivity contribution in [2.75, 3.05) is 12.8 Å². The zero-order valence-corrected chi connectivity index (χ0v) is 12.4. The van der Waals surface area contributed by atoms with E-state index in [9.17, 15) is 4.79 Å². The molecule has 104 valence electrons. The second-order valence-corrected chi connectivity index (χ2v) is 4.82. The third-order valence-electron chi connectivity index (χ3n) is 2.61. The highest BCUT2D eigenvalue weighted by atomic mass is 79.9. The molecule has 0 bridgehead atoms. The van der Waals surface area contributed by atoms with Crippen LogP contribution in [0.4, 0.5) is 5.69 Å². The number of anilines is 1. The molecule has 1 aromatic heterocycles. The van der Waals surface area contributed by atoms with E-state index in [1.807, 2.05) is 24.3 Å². The van der Waals surface area contributed by atoms with Crippen molar-refractivity contribution in [3.05, 3.63) is 52.1 Å². The van der Waals surface area contributed by atoms with Crippen LogP contribution in [-0.2, 0) is 11.3 Å². The number of hydrogen-bond donors (Lipinski definition) is 1. The van der Waals surface area contributed by atoms with Crippen molar-refractivity contribution in [3.8, 4) is 5.88 Å². The molecule has 0 radical (unpaired) electrons. The largest absolute Gasteiger partial charge is 0.471 e. The van der Waals surface area contributed by atoms with Gasteiger partial charge in [-0.1, -0.05) is 34.1 Å². The van der Waals surface area contributed by atoms with Crippen molar-refractivity contribution < 1.29 is 14.3 Å². The molecule has 20 heavy (non-hydrogen) atoms. The van der Waals surface area contributed by atoms with Crippen molar-refractivity contribution in [1.29, 1.82) is 0 Å². The number of aromatic nitrogens is 1. The minimum atomic E-state index is -0.532. The van der Waals surface area contributed by atoms with Crippen molar-refractivity contribution in [1.82, 2.24) is 4.98 Å². The normalized spacial score (nSPS) is 10.1. The number of carbonyl (C=O) groups is 1. The van der Waals surface area contributed by atoms with Gasteiger partial charge in [0, 0.05) is 10.0 Å². The molecular weight excluding hydrogens is 324 g/mol. The number of halogens is 1. The van der Waals surface area contributed by atoms with E-state index in [0.717, 1.165) is 10.0 Å². The zero-order valence-electron chi connectivity index (χ0n) is 10.8. The number of pyridine rings is 1. The summed E-state index contributed by atoms with van der Waals surface area (Å²) in [6.45, 7) is 0.295. The van der Waals surface area contributed by atoms with Crippen molar-refractivity contribution in [2.45, 2.75) is 6.61 Å². The molecule has 2 N–H and O–H groups in total. The van der Waals surface area contributed by atoms with Gasteiger partial charge in [-0.2, -0.15) is 0 Å². The average Bonchev–Trinajstić information content (AvgIpc) is 2.47. The number of nitrogens with two attached hydrogens (primary N) is 1. The lowest BCUT2D eigenvalue weighted by molar-refractivity contribution is 0.0592. The third kappa shape index (κ3) is 3.27. The van der Waals surface area contributed by atoms with Crippen LogP contribution in [0.3, 0.4) is 0 Å². The van der Waals surface area contributed by atoms with E-state index in [4.69, 9.17) is 10.5 Å². The maximum atomic E-state index is 11.4. The number of nitrogen functional groups attached to an aromatic ring is 1. The molecule has 6 heteroatoms. The first-order valence-corrected chi connectivity index (χ1v) is 6.62. The lowest BCUT2D eigenvalue weighted by Gasteiger charge is -2.10. The number of ether oxygens (including phenoxy) is 2. The molecule has 5 nitrogen and oxygen atoms in total. The van der Waals surface area contributed by atoms with Gasteiger partial charge in [0.05, 0.1) is 12.8 Å².